The van der Waals surface area contributed by atoms with Crippen molar-refractivity contribution in [3.8, 4) is 0 Å². The maximum atomic E-state index is 11.0. The van der Waals surface area contributed by atoms with Gasteiger partial charge in [0, 0.05) is 25.4 Å². The van der Waals surface area contributed by atoms with E-state index in [9.17, 15) is 8.42 Å². The molecule has 0 aromatic heterocycles. The average molecular weight is 219 g/mol. The zero-order chi connectivity index (χ0) is 10.8. The van der Waals surface area contributed by atoms with E-state index < -0.39 is 9.84 Å². The van der Waals surface area contributed by atoms with Gasteiger partial charge in [-0.1, -0.05) is 13.8 Å². The molecule has 0 saturated heterocycles. The van der Waals surface area contributed by atoms with E-state index in [1.807, 2.05) is 0 Å². The van der Waals surface area contributed by atoms with E-state index in [1.165, 1.54) is 19.1 Å². The van der Waals surface area contributed by atoms with Crippen molar-refractivity contribution >= 4 is 9.84 Å². The van der Waals surface area contributed by atoms with E-state index in [2.05, 4.69) is 18.7 Å². The molecule has 0 N–H and O–H groups in total. The van der Waals surface area contributed by atoms with E-state index in [-0.39, 0.29) is 0 Å². The molecular weight excluding hydrogens is 198 g/mol. The highest BCUT2D eigenvalue weighted by Gasteiger charge is 2.29. The quantitative estimate of drug-likeness (QED) is 0.672. The van der Waals surface area contributed by atoms with Gasteiger partial charge in [0.25, 0.3) is 0 Å². The molecule has 0 aromatic rings. The van der Waals surface area contributed by atoms with Crippen LogP contribution < -0.4 is 0 Å². The van der Waals surface area contributed by atoms with Crippen LogP contribution in [-0.4, -0.2) is 44.5 Å². The summed E-state index contributed by atoms with van der Waals surface area (Å²) in [5.74, 6) is 0.922. The van der Waals surface area contributed by atoms with Crippen molar-refractivity contribution in [2.75, 3.05) is 25.1 Å². The van der Waals surface area contributed by atoms with Crippen LogP contribution in [0.1, 0.15) is 26.7 Å². The molecule has 84 valence electrons. The van der Waals surface area contributed by atoms with Crippen molar-refractivity contribution in [3.63, 3.8) is 0 Å². The lowest BCUT2D eigenvalue weighted by Crippen LogP contribution is -2.34. The summed E-state index contributed by atoms with van der Waals surface area (Å²) < 4.78 is 22.1. The van der Waals surface area contributed by atoms with Crippen LogP contribution in [0.15, 0.2) is 0 Å². The minimum absolute atomic E-state index is 0.302. The molecular formula is C10H21NO2S. The lowest BCUT2D eigenvalue weighted by Gasteiger charge is -2.23. The molecule has 4 heteroatoms. The first-order chi connectivity index (χ1) is 6.38. The second kappa shape index (κ2) is 4.62. The molecule has 1 saturated carbocycles. The molecule has 1 rings (SSSR count). The van der Waals surface area contributed by atoms with Crippen LogP contribution in [-0.2, 0) is 9.84 Å². The highest BCUT2D eigenvalue weighted by atomic mass is 32.2. The molecule has 1 fully saturated rings. The molecule has 14 heavy (non-hydrogen) atoms. The lowest BCUT2D eigenvalue weighted by atomic mass is 10.2. The minimum atomic E-state index is -2.80. The molecule has 1 aliphatic rings. The first kappa shape index (κ1) is 12.0. The van der Waals surface area contributed by atoms with Gasteiger partial charge >= 0.3 is 0 Å². The van der Waals surface area contributed by atoms with Crippen LogP contribution in [0, 0.1) is 5.92 Å². The first-order valence-corrected chi connectivity index (χ1v) is 7.36. The average Bonchev–Trinajstić information content (AvgIpc) is 2.77. The summed E-state index contributed by atoms with van der Waals surface area (Å²) in [5.41, 5.74) is 0. The minimum Gasteiger partial charge on any atom is -0.299 e. The fourth-order valence-corrected chi connectivity index (χ4v) is 2.18. The second-order valence-corrected chi connectivity index (χ2v) is 7.01. The van der Waals surface area contributed by atoms with Crippen LogP contribution in [0.2, 0.25) is 0 Å². The summed E-state index contributed by atoms with van der Waals surface area (Å²) in [5, 5.41) is 0. The number of hydrogen-bond donors (Lipinski definition) is 0. The first-order valence-electron chi connectivity index (χ1n) is 5.30. The molecule has 0 aromatic carbocycles. The van der Waals surface area contributed by atoms with Crippen molar-refractivity contribution in [3.05, 3.63) is 0 Å². The van der Waals surface area contributed by atoms with Gasteiger partial charge in [-0.05, 0) is 18.8 Å². The Morgan fingerprint density at radius 2 is 1.93 bits per heavy atom. The highest BCUT2D eigenvalue weighted by Crippen LogP contribution is 2.27. The summed E-state index contributed by atoms with van der Waals surface area (Å²) in [6, 6.07) is 0.666. The van der Waals surface area contributed by atoms with Gasteiger partial charge in [-0.2, -0.15) is 0 Å². The summed E-state index contributed by atoms with van der Waals surface area (Å²) >= 11 is 0. The standard InChI is InChI=1S/C10H21NO2S/c1-9(2)8-11(10-4-5-10)6-7-14(3,12)13/h9-10H,4-8H2,1-3H3. The Morgan fingerprint density at radius 3 is 2.29 bits per heavy atom. The van der Waals surface area contributed by atoms with Gasteiger partial charge in [-0.25, -0.2) is 8.42 Å². The monoisotopic (exact) mass is 219 g/mol. The van der Waals surface area contributed by atoms with E-state index in [0.29, 0.717) is 24.3 Å². The van der Waals surface area contributed by atoms with Gasteiger partial charge in [-0.3, -0.25) is 4.90 Å². The maximum Gasteiger partial charge on any atom is 0.148 e. The summed E-state index contributed by atoms with van der Waals surface area (Å²) in [6.45, 7) is 6.09. The van der Waals surface area contributed by atoms with Crippen molar-refractivity contribution in [2.24, 2.45) is 5.92 Å². The van der Waals surface area contributed by atoms with Gasteiger partial charge in [0.1, 0.15) is 9.84 Å². The largest absolute Gasteiger partial charge is 0.299 e. The summed E-state index contributed by atoms with van der Waals surface area (Å²) in [7, 11) is -2.80. The van der Waals surface area contributed by atoms with Crippen molar-refractivity contribution in [1.82, 2.24) is 4.90 Å². The zero-order valence-electron chi connectivity index (χ0n) is 9.36. The van der Waals surface area contributed by atoms with E-state index in [4.69, 9.17) is 0 Å². The second-order valence-electron chi connectivity index (χ2n) is 4.75. The normalized spacial score (nSPS) is 18.1. The van der Waals surface area contributed by atoms with E-state index in [1.54, 1.807) is 0 Å². The van der Waals surface area contributed by atoms with Crippen molar-refractivity contribution in [1.29, 1.82) is 0 Å². The molecule has 0 aliphatic heterocycles. The summed E-state index contributed by atoms with van der Waals surface area (Å²) in [6.07, 6.45) is 3.81. The molecule has 0 amide bonds. The third-order valence-electron chi connectivity index (χ3n) is 2.41. The molecule has 0 spiro atoms. The van der Waals surface area contributed by atoms with E-state index >= 15 is 0 Å². The molecule has 1 aliphatic carbocycles. The summed E-state index contributed by atoms with van der Waals surface area (Å²) in [4.78, 5) is 2.33. The van der Waals surface area contributed by atoms with Crippen molar-refractivity contribution in [2.45, 2.75) is 32.7 Å². The van der Waals surface area contributed by atoms with Crippen LogP contribution in [0.4, 0.5) is 0 Å². The van der Waals surface area contributed by atoms with Crippen LogP contribution in [0.5, 0.6) is 0 Å². The number of sulfone groups is 1. The molecule has 0 atom stereocenters. The Kier molecular flexibility index (Phi) is 3.95. The Labute approximate surface area is 87.4 Å². The number of rotatable bonds is 6. The molecule has 3 nitrogen and oxygen atoms in total. The number of hydrogen-bond acceptors (Lipinski definition) is 3. The Bertz CT molecular complexity index is 268. The molecule has 0 bridgehead atoms. The predicted octanol–water partition coefficient (Wildman–Crippen LogP) is 1.15. The van der Waals surface area contributed by atoms with Gasteiger partial charge in [0.15, 0.2) is 0 Å². The van der Waals surface area contributed by atoms with Crippen molar-refractivity contribution < 1.29 is 8.42 Å². The Hall–Kier alpha value is -0.0900. The smallest absolute Gasteiger partial charge is 0.148 e. The van der Waals surface area contributed by atoms with Crippen LogP contribution >= 0.6 is 0 Å². The Morgan fingerprint density at radius 1 is 1.36 bits per heavy atom. The number of nitrogens with zero attached hydrogens (tertiary/aromatic N) is 1. The van der Waals surface area contributed by atoms with E-state index in [0.717, 1.165) is 6.54 Å². The fourth-order valence-electron chi connectivity index (χ4n) is 1.61. The molecule has 0 heterocycles. The van der Waals surface area contributed by atoms with Crippen LogP contribution in [0.25, 0.3) is 0 Å². The maximum absolute atomic E-state index is 11.0. The third-order valence-corrected chi connectivity index (χ3v) is 3.34. The molecule has 0 radical (unpaired) electrons. The van der Waals surface area contributed by atoms with Gasteiger partial charge in [0.05, 0.1) is 5.75 Å². The van der Waals surface area contributed by atoms with Gasteiger partial charge < -0.3 is 0 Å². The van der Waals surface area contributed by atoms with Gasteiger partial charge in [-0.15, -0.1) is 0 Å². The SMILES string of the molecule is CC(C)CN(CCS(C)(=O)=O)C1CC1. The molecule has 0 unspecified atom stereocenters. The predicted molar refractivity (Wildman–Crippen MR) is 59.1 cm³/mol. The van der Waals surface area contributed by atoms with Gasteiger partial charge in [0.2, 0.25) is 0 Å². The fraction of sp³-hybridized carbons (Fsp3) is 1.00. The third kappa shape index (κ3) is 4.96. The zero-order valence-corrected chi connectivity index (χ0v) is 10.2. The Balaban J connectivity index is 2.36. The topological polar surface area (TPSA) is 37.4 Å². The lowest BCUT2D eigenvalue weighted by molar-refractivity contribution is 0.247. The highest BCUT2D eigenvalue weighted by molar-refractivity contribution is 7.90. The van der Waals surface area contributed by atoms with Crippen LogP contribution in [0.3, 0.4) is 0 Å².